The Morgan fingerprint density at radius 2 is 2.04 bits per heavy atom. The zero-order valence-electron chi connectivity index (χ0n) is 14.5. The Bertz CT molecular complexity index is 710. The molecule has 1 heterocycles. The summed E-state index contributed by atoms with van der Waals surface area (Å²) in [5.41, 5.74) is 0.994. The number of benzene rings is 1. The van der Waals surface area contributed by atoms with E-state index in [0.717, 1.165) is 30.9 Å². The van der Waals surface area contributed by atoms with Crippen molar-refractivity contribution in [1.82, 2.24) is 25.4 Å². The van der Waals surface area contributed by atoms with Crippen molar-refractivity contribution in [2.45, 2.75) is 33.4 Å². The zero-order valence-corrected chi connectivity index (χ0v) is 14.5. The molecule has 2 aromatic rings. The lowest BCUT2D eigenvalue weighted by atomic mass is 10.2. The molecule has 0 unspecified atom stereocenters. The van der Waals surface area contributed by atoms with Crippen molar-refractivity contribution in [3.05, 3.63) is 52.1 Å². The van der Waals surface area contributed by atoms with Gasteiger partial charge in [-0.3, -0.25) is 10.1 Å². The van der Waals surface area contributed by atoms with E-state index in [1.165, 1.54) is 12.1 Å². The second-order valence-corrected chi connectivity index (χ2v) is 5.34. The lowest BCUT2D eigenvalue weighted by Gasteiger charge is -2.12. The fourth-order valence-corrected chi connectivity index (χ4v) is 2.27. The quantitative estimate of drug-likeness (QED) is 0.325. The maximum atomic E-state index is 10.7. The molecular formula is C16H23N7O2. The van der Waals surface area contributed by atoms with Gasteiger partial charge in [-0.2, -0.15) is 0 Å². The number of aliphatic imine (C=N–C) groups is 1. The molecule has 9 nitrogen and oxygen atoms in total. The summed E-state index contributed by atoms with van der Waals surface area (Å²) in [5, 5.41) is 25.1. The van der Waals surface area contributed by atoms with Crippen LogP contribution in [0.15, 0.2) is 35.6 Å². The molecule has 0 aliphatic carbocycles. The summed E-state index contributed by atoms with van der Waals surface area (Å²) >= 11 is 0. The lowest BCUT2D eigenvalue weighted by Crippen LogP contribution is -2.38. The van der Waals surface area contributed by atoms with Crippen LogP contribution in [0.3, 0.4) is 0 Å². The van der Waals surface area contributed by atoms with Gasteiger partial charge in [-0.15, -0.1) is 10.2 Å². The van der Waals surface area contributed by atoms with Crippen LogP contribution >= 0.6 is 0 Å². The minimum Gasteiger partial charge on any atom is -0.357 e. The van der Waals surface area contributed by atoms with Crippen molar-refractivity contribution in [3.8, 4) is 0 Å². The van der Waals surface area contributed by atoms with E-state index in [1.54, 1.807) is 18.5 Å². The largest absolute Gasteiger partial charge is 0.357 e. The minimum absolute atomic E-state index is 0.0819. The summed E-state index contributed by atoms with van der Waals surface area (Å²) in [6.45, 7) is 6.68. The summed E-state index contributed by atoms with van der Waals surface area (Å²) < 4.78 is 2.01. The number of nitrogens with one attached hydrogen (secondary N) is 2. The van der Waals surface area contributed by atoms with Gasteiger partial charge in [0.05, 0.1) is 11.5 Å². The van der Waals surface area contributed by atoms with Gasteiger partial charge in [-0.05, 0) is 12.5 Å². The number of nitro groups is 1. The van der Waals surface area contributed by atoms with Crippen LogP contribution in [0.2, 0.25) is 0 Å². The molecule has 1 aromatic heterocycles. The van der Waals surface area contributed by atoms with E-state index in [4.69, 9.17) is 0 Å². The van der Waals surface area contributed by atoms with Gasteiger partial charge in [0.1, 0.15) is 12.2 Å². The first-order chi connectivity index (χ1) is 12.1. The van der Waals surface area contributed by atoms with Crippen molar-refractivity contribution < 1.29 is 4.92 Å². The lowest BCUT2D eigenvalue weighted by molar-refractivity contribution is -0.384. The number of non-ortho nitro benzene ring substituents is 1. The number of hydrogen-bond acceptors (Lipinski definition) is 5. The normalized spacial score (nSPS) is 11.4. The third kappa shape index (κ3) is 5.55. The molecule has 0 aliphatic heterocycles. The fourth-order valence-electron chi connectivity index (χ4n) is 2.27. The van der Waals surface area contributed by atoms with Crippen LogP contribution in [0.5, 0.6) is 0 Å². The molecule has 0 bridgehead atoms. The molecule has 0 radical (unpaired) electrons. The third-order valence-corrected chi connectivity index (χ3v) is 3.57. The molecule has 1 aromatic carbocycles. The Morgan fingerprint density at radius 1 is 1.28 bits per heavy atom. The number of nitro benzene ring substituents is 1. The van der Waals surface area contributed by atoms with Crippen molar-refractivity contribution in [2.75, 3.05) is 13.1 Å². The van der Waals surface area contributed by atoms with Crippen LogP contribution in [0.1, 0.15) is 25.2 Å². The van der Waals surface area contributed by atoms with E-state index in [-0.39, 0.29) is 5.69 Å². The minimum atomic E-state index is -0.409. The highest BCUT2D eigenvalue weighted by Crippen LogP contribution is 2.12. The van der Waals surface area contributed by atoms with Crippen LogP contribution in [-0.2, 0) is 19.5 Å². The molecule has 0 atom stereocenters. The zero-order chi connectivity index (χ0) is 18.1. The number of hydrogen-bond donors (Lipinski definition) is 2. The van der Waals surface area contributed by atoms with Gasteiger partial charge in [-0.1, -0.05) is 19.1 Å². The van der Waals surface area contributed by atoms with Crippen LogP contribution in [0.4, 0.5) is 5.69 Å². The molecule has 9 heteroatoms. The average molecular weight is 345 g/mol. The molecule has 134 valence electrons. The Labute approximate surface area is 146 Å². The van der Waals surface area contributed by atoms with Gasteiger partial charge in [0.2, 0.25) is 0 Å². The maximum Gasteiger partial charge on any atom is 0.269 e. The van der Waals surface area contributed by atoms with Crippen LogP contribution < -0.4 is 10.6 Å². The van der Waals surface area contributed by atoms with E-state index < -0.39 is 4.92 Å². The predicted octanol–water partition coefficient (Wildman–Crippen LogP) is 1.50. The summed E-state index contributed by atoms with van der Waals surface area (Å²) in [5.74, 6) is 1.65. The second-order valence-electron chi connectivity index (χ2n) is 5.34. The number of rotatable bonds is 8. The highest BCUT2D eigenvalue weighted by molar-refractivity contribution is 5.79. The van der Waals surface area contributed by atoms with Gasteiger partial charge in [0.15, 0.2) is 5.96 Å². The molecule has 0 amide bonds. The van der Waals surface area contributed by atoms with Gasteiger partial charge >= 0.3 is 0 Å². The number of guanidine groups is 1. The van der Waals surface area contributed by atoms with E-state index in [9.17, 15) is 10.1 Å². The Morgan fingerprint density at radius 3 is 2.68 bits per heavy atom. The summed E-state index contributed by atoms with van der Waals surface area (Å²) in [6, 6.07) is 6.42. The van der Waals surface area contributed by atoms with Gasteiger partial charge in [0.25, 0.3) is 5.69 Å². The first-order valence-corrected chi connectivity index (χ1v) is 8.26. The molecule has 2 rings (SSSR count). The van der Waals surface area contributed by atoms with E-state index in [1.807, 2.05) is 18.4 Å². The molecule has 0 saturated heterocycles. The Hall–Kier alpha value is -2.97. The molecule has 0 fully saturated rings. The second kappa shape index (κ2) is 9.36. The molecule has 2 N–H and O–H groups in total. The third-order valence-electron chi connectivity index (χ3n) is 3.57. The molecule has 0 spiro atoms. The Kier molecular flexibility index (Phi) is 6.87. The van der Waals surface area contributed by atoms with Gasteiger partial charge in [0, 0.05) is 38.2 Å². The summed E-state index contributed by atoms with van der Waals surface area (Å²) in [6.07, 6.45) is 2.57. The summed E-state index contributed by atoms with van der Waals surface area (Å²) in [7, 11) is 0. The Balaban J connectivity index is 1.90. The van der Waals surface area contributed by atoms with Gasteiger partial charge < -0.3 is 15.2 Å². The van der Waals surface area contributed by atoms with Gasteiger partial charge in [-0.25, -0.2) is 4.99 Å². The first-order valence-electron chi connectivity index (χ1n) is 8.26. The highest BCUT2D eigenvalue weighted by Gasteiger charge is 2.05. The monoisotopic (exact) mass is 345 g/mol. The molecular weight excluding hydrogens is 322 g/mol. The average Bonchev–Trinajstić information content (AvgIpc) is 3.07. The van der Waals surface area contributed by atoms with Crippen LogP contribution in [0, 0.1) is 10.1 Å². The molecule has 0 aliphatic rings. The van der Waals surface area contributed by atoms with E-state index in [2.05, 4.69) is 25.8 Å². The summed E-state index contributed by atoms with van der Waals surface area (Å²) in [4.78, 5) is 14.8. The van der Waals surface area contributed by atoms with Crippen LogP contribution in [0.25, 0.3) is 0 Å². The fraction of sp³-hybridized carbons (Fsp3) is 0.438. The van der Waals surface area contributed by atoms with Crippen LogP contribution in [-0.4, -0.2) is 38.7 Å². The number of nitrogens with zero attached hydrogens (tertiary/aromatic N) is 5. The topological polar surface area (TPSA) is 110 Å². The molecule has 25 heavy (non-hydrogen) atoms. The SMILES string of the molecule is CCNC(=NCc1ccc([N+](=O)[O-])cc1)NCCn1cnnc1CC. The first kappa shape index (κ1) is 18.4. The van der Waals surface area contributed by atoms with Crippen molar-refractivity contribution in [3.63, 3.8) is 0 Å². The molecule has 0 saturated carbocycles. The van der Waals surface area contributed by atoms with Crippen molar-refractivity contribution in [2.24, 2.45) is 4.99 Å². The number of aromatic nitrogens is 3. The number of aryl methyl sites for hydroxylation is 1. The maximum absolute atomic E-state index is 10.7. The highest BCUT2D eigenvalue weighted by atomic mass is 16.6. The predicted molar refractivity (Wildman–Crippen MR) is 95.3 cm³/mol. The van der Waals surface area contributed by atoms with Crippen molar-refractivity contribution >= 4 is 11.6 Å². The van der Waals surface area contributed by atoms with E-state index in [0.29, 0.717) is 19.0 Å². The smallest absolute Gasteiger partial charge is 0.269 e. The standard InChI is InChI=1S/C16H23N7O2/c1-3-15-21-20-12-22(15)10-9-18-16(17-4-2)19-11-13-5-7-14(8-6-13)23(24)25/h5-8,12H,3-4,9-11H2,1-2H3,(H2,17,18,19). The van der Waals surface area contributed by atoms with E-state index >= 15 is 0 Å². The van der Waals surface area contributed by atoms with Crippen molar-refractivity contribution in [1.29, 1.82) is 0 Å².